The Morgan fingerprint density at radius 3 is 2.37 bits per heavy atom. The molecule has 1 saturated heterocycles. The highest BCUT2D eigenvalue weighted by molar-refractivity contribution is 9.10. The molecule has 1 saturated carbocycles. The van der Waals surface area contributed by atoms with Gasteiger partial charge in [-0.15, -0.1) is 0 Å². The molecule has 2 fully saturated rings. The number of aliphatic hydroxyl groups is 1. The van der Waals surface area contributed by atoms with E-state index in [1.807, 2.05) is 54.6 Å². The highest BCUT2D eigenvalue weighted by Gasteiger charge is 2.49. The van der Waals surface area contributed by atoms with Crippen molar-refractivity contribution in [1.29, 1.82) is 0 Å². The molecule has 2 aromatic rings. The molecule has 2 aromatic carbocycles. The Labute approximate surface area is 189 Å². The van der Waals surface area contributed by atoms with Gasteiger partial charge in [0.2, 0.25) is 0 Å². The highest BCUT2D eigenvalue weighted by atomic mass is 79.9. The van der Waals surface area contributed by atoms with Gasteiger partial charge in [-0.1, -0.05) is 91.0 Å². The number of benzene rings is 2. The van der Waals surface area contributed by atoms with Crippen LogP contribution in [0.2, 0.25) is 0 Å². The van der Waals surface area contributed by atoms with Crippen molar-refractivity contribution in [2.45, 2.75) is 58.1 Å². The lowest BCUT2D eigenvalue weighted by atomic mass is 9.65. The summed E-state index contributed by atoms with van der Waals surface area (Å²) < 4.78 is 1.00. The van der Waals surface area contributed by atoms with Crippen molar-refractivity contribution in [3.05, 3.63) is 70.2 Å². The van der Waals surface area contributed by atoms with Gasteiger partial charge >= 0.3 is 0 Å². The summed E-state index contributed by atoms with van der Waals surface area (Å²) in [6, 6.07) is 18.4. The summed E-state index contributed by atoms with van der Waals surface area (Å²) >= 11 is 3.49. The first-order valence-corrected chi connectivity index (χ1v) is 11.7. The van der Waals surface area contributed by atoms with Gasteiger partial charge in [0.1, 0.15) is 5.60 Å². The molecule has 3 heteroatoms. The summed E-state index contributed by atoms with van der Waals surface area (Å²) in [5.74, 6) is 6.72. The molecule has 2 nitrogen and oxygen atoms in total. The molecule has 2 bridgehead atoms. The fourth-order valence-electron chi connectivity index (χ4n) is 5.92. The van der Waals surface area contributed by atoms with Crippen molar-refractivity contribution in [1.82, 2.24) is 4.90 Å². The van der Waals surface area contributed by atoms with E-state index in [2.05, 4.69) is 53.4 Å². The molecule has 1 aliphatic carbocycles. The normalized spacial score (nSPS) is 27.2. The van der Waals surface area contributed by atoms with Crippen LogP contribution in [-0.2, 0) is 5.60 Å². The van der Waals surface area contributed by atoms with Crippen LogP contribution < -0.4 is 0 Å². The van der Waals surface area contributed by atoms with E-state index in [9.17, 15) is 5.11 Å². The van der Waals surface area contributed by atoms with E-state index in [1.54, 1.807) is 0 Å². The second-order valence-electron chi connectivity index (χ2n) is 10.4. The first kappa shape index (κ1) is 21.6. The zero-order chi connectivity index (χ0) is 21.4. The largest absolute Gasteiger partial charge is 0.379 e. The number of hydrogen-bond donors (Lipinski definition) is 1. The van der Waals surface area contributed by atoms with Crippen LogP contribution in [0.25, 0.3) is 0 Å². The van der Waals surface area contributed by atoms with Gasteiger partial charge in [0.25, 0.3) is 0 Å². The lowest BCUT2D eigenvalue weighted by molar-refractivity contribution is 0.0864. The second-order valence-corrected chi connectivity index (χ2v) is 11.3. The molecule has 4 rings (SSSR count). The minimum atomic E-state index is -1.11. The van der Waals surface area contributed by atoms with E-state index in [4.69, 9.17) is 0 Å². The van der Waals surface area contributed by atoms with Gasteiger partial charge in [0, 0.05) is 23.5 Å². The van der Waals surface area contributed by atoms with E-state index in [1.165, 1.54) is 19.3 Å². The second kappa shape index (κ2) is 8.15. The zero-order valence-electron chi connectivity index (χ0n) is 18.3. The minimum absolute atomic E-state index is 0.389. The summed E-state index contributed by atoms with van der Waals surface area (Å²) in [6.45, 7) is 9.19. The van der Waals surface area contributed by atoms with Crippen LogP contribution in [0.4, 0.5) is 0 Å². The first-order valence-electron chi connectivity index (χ1n) is 10.9. The van der Waals surface area contributed by atoms with Gasteiger partial charge in [-0.2, -0.15) is 0 Å². The molecule has 3 atom stereocenters. The van der Waals surface area contributed by atoms with Crippen molar-refractivity contribution in [2.24, 2.45) is 10.8 Å². The monoisotopic (exact) mass is 465 g/mol. The summed E-state index contributed by atoms with van der Waals surface area (Å²) in [7, 11) is 0. The minimum Gasteiger partial charge on any atom is -0.379 e. The van der Waals surface area contributed by atoms with E-state index in [-0.39, 0.29) is 0 Å². The SMILES string of the molecule is CC1(C)C[C@@H]2C[C@@](C)(CN2CC#CC[C@@](O)(c2ccccc2)c2ccc(Br)cc2)C1. The van der Waals surface area contributed by atoms with E-state index >= 15 is 0 Å². The molecule has 0 spiro atoms. The van der Waals surface area contributed by atoms with Crippen LogP contribution in [0, 0.1) is 22.7 Å². The maximum absolute atomic E-state index is 11.7. The van der Waals surface area contributed by atoms with Crippen molar-refractivity contribution >= 4 is 15.9 Å². The Bertz CT molecular complexity index is 942. The maximum Gasteiger partial charge on any atom is 0.125 e. The fourth-order valence-corrected chi connectivity index (χ4v) is 6.18. The molecule has 0 aromatic heterocycles. The summed E-state index contributed by atoms with van der Waals surface area (Å²) in [4.78, 5) is 2.57. The molecule has 0 amide bonds. The summed E-state index contributed by atoms with van der Waals surface area (Å²) in [5, 5.41) is 11.7. The van der Waals surface area contributed by atoms with Crippen molar-refractivity contribution in [3.63, 3.8) is 0 Å². The standard InChI is InChI=1S/C27H32BrNO/c1-25(2)17-24-18-26(3,19-25)20-29(24)16-8-7-15-27(30,21-9-5-4-6-10-21)22-11-13-23(28)14-12-22/h4-6,9-14,24,30H,15-20H2,1-3H3/t24-,26-,27-/m1/s1. The average molecular weight is 466 g/mol. The Kier molecular flexibility index (Phi) is 5.88. The van der Waals surface area contributed by atoms with E-state index in [0.29, 0.717) is 23.3 Å². The topological polar surface area (TPSA) is 23.5 Å². The van der Waals surface area contributed by atoms with Crippen LogP contribution in [0.5, 0.6) is 0 Å². The molecule has 0 unspecified atom stereocenters. The molecule has 158 valence electrons. The number of halogens is 1. The third-order valence-corrected chi connectivity index (χ3v) is 7.38. The Morgan fingerprint density at radius 1 is 1.00 bits per heavy atom. The van der Waals surface area contributed by atoms with Gasteiger partial charge in [0.05, 0.1) is 6.54 Å². The van der Waals surface area contributed by atoms with Gasteiger partial charge in [-0.25, -0.2) is 0 Å². The van der Waals surface area contributed by atoms with Crippen LogP contribution >= 0.6 is 15.9 Å². The molecular weight excluding hydrogens is 434 g/mol. The highest BCUT2D eigenvalue weighted by Crippen LogP contribution is 2.52. The summed E-state index contributed by atoms with van der Waals surface area (Å²) in [6.07, 6.45) is 4.25. The number of likely N-dealkylation sites (tertiary alicyclic amines) is 1. The number of hydrogen-bond acceptors (Lipinski definition) is 2. The van der Waals surface area contributed by atoms with Gasteiger partial charge in [0.15, 0.2) is 0 Å². The predicted octanol–water partition coefficient (Wildman–Crippen LogP) is 5.98. The molecule has 0 radical (unpaired) electrons. The van der Waals surface area contributed by atoms with Gasteiger partial charge in [-0.05, 0) is 53.4 Å². The van der Waals surface area contributed by atoms with Crippen molar-refractivity contribution in [3.8, 4) is 11.8 Å². The van der Waals surface area contributed by atoms with Gasteiger partial charge in [-0.3, -0.25) is 4.90 Å². The smallest absolute Gasteiger partial charge is 0.125 e. The zero-order valence-corrected chi connectivity index (χ0v) is 19.9. The molecule has 30 heavy (non-hydrogen) atoms. The quantitative estimate of drug-likeness (QED) is 0.561. The van der Waals surface area contributed by atoms with Crippen LogP contribution in [0.3, 0.4) is 0 Å². The molecule has 1 aliphatic heterocycles. The Balaban J connectivity index is 1.51. The van der Waals surface area contributed by atoms with Crippen LogP contribution in [0.1, 0.15) is 57.6 Å². The lowest BCUT2D eigenvalue weighted by Crippen LogP contribution is -2.34. The number of rotatable bonds is 4. The molecule has 2 aliphatic rings. The van der Waals surface area contributed by atoms with Crippen LogP contribution in [-0.4, -0.2) is 29.1 Å². The van der Waals surface area contributed by atoms with E-state index < -0.39 is 5.60 Å². The predicted molar refractivity (Wildman–Crippen MR) is 127 cm³/mol. The average Bonchev–Trinajstić information content (AvgIpc) is 2.94. The molecule has 1 heterocycles. The number of nitrogens with zero attached hydrogens (tertiary/aromatic N) is 1. The maximum atomic E-state index is 11.7. The molecular formula is C27H32BrNO. The Morgan fingerprint density at radius 2 is 1.67 bits per heavy atom. The summed E-state index contributed by atoms with van der Waals surface area (Å²) in [5.41, 5.74) is 1.50. The third-order valence-electron chi connectivity index (χ3n) is 6.85. The lowest BCUT2D eigenvalue weighted by Gasteiger charge is -2.39. The molecule has 1 N–H and O–H groups in total. The third kappa shape index (κ3) is 4.52. The van der Waals surface area contributed by atoms with E-state index in [0.717, 1.165) is 28.7 Å². The number of fused-ring (bicyclic) bond motifs is 2. The first-order chi connectivity index (χ1) is 14.2. The van der Waals surface area contributed by atoms with Crippen molar-refractivity contribution in [2.75, 3.05) is 13.1 Å². The van der Waals surface area contributed by atoms with Gasteiger partial charge < -0.3 is 5.11 Å². The Hall–Kier alpha value is -1.60. The fraction of sp³-hybridized carbons (Fsp3) is 0.481. The van der Waals surface area contributed by atoms with Crippen LogP contribution in [0.15, 0.2) is 59.1 Å². The van der Waals surface area contributed by atoms with Crippen molar-refractivity contribution < 1.29 is 5.11 Å².